The summed E-state index contributed by atoms with van der Waals surface area (Å²) in [6, 6.07) is -0.604. The van der Waals surface area contributed by atoms with Gasteiger partial charge in [0.15, 0.2) is 0 Å². The molecule has 0 aromatic carbocycles. The molecule has 0 aliphatic carbocycles. The maximum Gasteiger partial charge on any atom is 0.141 e. The first-order chi connectivity index (χ1) is 4.70. The molecule has 0 spiro atoms. The second-order valence-corrected chi connectivity index (χ2v) is 3.52. The van der Waals surface area contributed by atoms with Crippen molar-refractivity contribution in [3.8, 4) is 0 Å². The number of aldehydes is 1. The molecular weight excluding hydrogens is 152 g/mol. The molecule has 2 atom stereocenters. The SMILES string of the molecule is NCC[S+]([O-])C[C@H](N)C=O. The largest absolute Gasteiger partial charge is 0.616 e. The Balaban J connectivity index is 3.36. The van der Waals surface area contributed by atoms with Crippen LogP contribution < -0.4 is 11.5 Å². The van der Waals surface area contributed by atoms with E-state index in [0.717, 1.165) is 0 Å². The summed E-state index contributed by atoms with van der Waals surface area (Å²) in [4.78, 5) is 9.95. The zero-order valence-corrected chi connectivity index (χ0v) is 6.47. The van der Waals surface area contributed by atoms with E-state index in [1.54, 1.807) is 0 Å². The smallest absolute Gasteiger partial charge is 0.141 e. The number of carbonyl (C=O) groups is 1. The highest BCUT2D eigenvalue weighted by Crippen LogP contribution is 1.89. The van der Waals surface area contributed by atoms with Gasteiger partial charge in [0.1, 0.15) is 23.8 Å². The summed E-state index contributed by atoms with van der Waals surface area (Å²) in [6.45, 7) is 0.373. The average Bonchev–Trinajstić information content (AvgIpc) is 1.88. The maximum atomic E-state index is 10.8. The van der Waals surface area contributed by atoms with E-state index < -0.39 is 17.2 Å². The van der Waals surface area contributed by atoms with E-state index in [4.69, 9.17) is 11.5 Å². The highest BCUT2D eigenvalue weighted by molar-refractivity contribution is 7.91. The van der Waals surface area contributed by atoms with Crippen LogP contribution in [0.5, 0.6) is 0 Å². The third kappa shape index (κ3) is 4.75. The van der Waals surface area contributed by atoms with Crippen LogP contribution in [-0.4, -0.2) is 34.9 Å². The molecule has 60 valence electrons. The van der Waals surface area contributed by atoms with E-state index in [1.165, 1.54) is 0 Å². The van der Waals surface area contributed by atoms with Gasteiger partial charge >= 0.3 is 0 Å². The lowest BCUT2D eigenvalue weighted by Crippen LogP contribution is -2.33. The highest BCUT2D eigenvalue weighted by Gasteiger charge is 2.10. The van der Waals surface area contributed by atoms with Gasteiger partial charge in [0.25, 0.3) is 0 Å². The number of rotatable bonds is 5. The molecule has 4 nitrogen and oxygen atoms in total. The van der Waals surface area contributed by atoms with Crippen LogP contribution in [0.4, 0.5) is 0 Å². The van der Waals surface area contributed by atoms with Crippen LogP contribution in [0.1, 0.15) is 0 Å². The monoisotopic (exact) mass is 164 g/mol. The topological polar surface area (TPSA) is 92.2 Å². The van der Waals surface area contributed by atoms with Crippen molar-refractivity contribution in [1.82, 2.24) is 0 Å². The molecule has 5 heteroatoms. The molecule has 0 radical (unpaired) electrons. The first kappa shape index (κ1) is 9.90. The second kappa shape index (κ2) is 5.67. The summed E-state index contributed by atoms with van der Waals surface area (Å²) in [5.41, 5.74) is 10.3. The van der Waals surface area contributed by atoms with Crippen LogP contribution in [0.2, 0.25) is 0 Å². The number of nitrogens with two attached hydrogens (primary N) is 2. The van der Waals surface area contributed by atoms with Crippen molar-refractivity contribution in [2.45, 2.75) is 6.04 Å². The standard InChI is InChI=1S/C5H12N2O2S/c6-1-2-10(9)4-5(7)3-8/h3,5H,1-2,4,6-7H2/t5-,10?/m1/s1. The number of carbonyl (C=O) groups excluding carboxylic acids is 1. The van der Waals surface area contributed by atoms with Gasteiger partial charge in [-0.25, -0.2) is 0 Å². The molecule has 1 unspecified atom stereocenters. The van der Waals surface area contributed by atoms with Crippen molar-refractivity contribution in [2.24, 2.45) is 11.5 Å². The average molecular weight is 164 g/mol. The molecule has 0 saturated carbocycles. The van der Waals surface area contributed by atoms with E-state index in [2.05, 4.69) is 0 Å². The summed E-state index contributed by atoms with van der Waals surface area (Å²) >= 11 is -1.03. The first-order valence-electron chi connectivity index (χ1n) is 2.96. The van der Waals surface area contributed by atoms with Gasteiger partial charge in [0.2, 0.25) is 0 Å². The van der Waals surface area contributed by atoms with Gasteiger partial charge in [-0.05, 0) is 0 Å². The maximum absolute atomic E-state index is 10.8. The lowest BCUT2D eigenvalue weighted by Gasteiger charge is -2.10. The minimum atomic E-state index is -1.03. The third-order valence-corrected chi connectivity index (χ3v) is 2.35. The quantitative estimate of drug-likeness (QED) is 0.371. The van der Waals surface area contributed by atoms with E-state index in [9.17, 15) is 9.35 Å². The van der Waals surface area contributed by atoms with Crippen LogP contribution in [0.25, 0.3) is 0 Å². The van der Waals surface area contributed by atoms with Crippen molar-refractivity contribution >= 4 is 17.5 Å². The van der Waals surface area contributed by atoms with Crippen molar-refractivity contribution in [3.05, 3.63) is 0 Å². The molecule has 4 N–H and O–H groups in total. The Kier molecular flexibility index (Phi) is 5.61. The fourth-order valence-corrected chi connectivity index (χ4v) is 1.41. The highest BCUT2D eigenvalue weighted by atomic mass is 32.2. The van der Waals surface area contributed by atoms with E-state index in [0.29, 0.717) is 18.6 Å². The molecule has 0 aliphatic rings. The summed E-state index contributed by atoms with van der Waals surface area (Å²) in [5.74, 6) is 0.641. The van der Waals surface area contributed by atoms with Crippen molar-refractivity contribution in [1.29, 1.82) is 0 Å². The molecule has 0 amide bonds. The molecule has 0 fully saturated rings. The molecule has 0 saturated heterocycles. The molecular formula is C5H12N2O2S. The fourth-order valence-electron chi connectivity index (χ4n) is 0.469. The van der Waals surface area contributed by atoms with Gasteiger partial charge in [0, 0.05) is 6.54 Å². The van der Waals surface area contributed by atoms with Crippen molar-refractivity contribution in [3.63, 3.8) is 0 Å². The predicted molar refractivity (Wildman–Crippen MR) is 41.0 cm³/mol. The van der Waals surface area contributed by atoms with Gasteiger partial charge < -0.3 is 20.8 Å². The summed E-state index contributed by atoms with van der Waals surface area (Å²) < 4.78 is 10.8. The summed E-state index contributed by atoms with van der Waals surface area (Å²) in [6.07, 6.45) is 0.592. The fraction of sp³-hybridized carbons (Fsp3) is 0.800. The summed E-state index contributed by atoms with van der Waals surface area (Å²) in [7, 11) is 0. The Hall–Kier alpha value is -0.100. The number of hydrogen-bond donors (Lipinski definition) is 2. The van der Waals surface area contributed by atoms with E-state index in [1.807, 2.05) is 0 Å². The Bertz CT molecular complexity index is 102. The van der Waals surface area contributed by atoms with Crippen LogP contribution in [0, 0.1) is 0 Å². The Labute approximate surface area is 63.1 Å². The second-order valence-electron chi connectivity index (χ2n) is 1.90. The predicted octanol–water partition coefficient (Wildman–Crippen LogP) is -1.78. The molecule has 0 heterocycles. The normalized spacial score (nSPS) is 16.3. The molecule has 0 aliphatic heterocycles. The zero-order chi connectivity index (χ0) is 7.98. The Morgan fingerprint density at radius 3 is 2.70 bits per heavy atom. The first-order valence-corrected chi connectivity index (χ1v) is 4.45. The molecule has 0 rings (SSSR count). The van der Waals surface area contributed by atoms with E-state index in [-0.39, 0.29) is 5.75 Å². The van der Waals surface area contributed by atoms with Gasteiger partial charge in [-0.1, -0.05) is 11.2 Å². The Morgan fingerprint density at radius 2 is 2.30 bits per heavy atom. The molecule has 0 bridgehead atoms. The van der Waals surface area contributed by atoms with Crippen molar-refractivity contribution in [2.75, 3.05) is 18.1 Å². The minimum Gasteiger partial charge on any atom is -0.616 e. The number of hydrogen-bond acceptors (Lipinski definition) is 4. The lowest BCUT2D eigenvalue weighted by molar-refractivity contribution is -0.108. The van der Waals surface area contributed by atoms with Gasteiger partial charge in [-0.3, -0.25) is 0 Å². The van der Waals surface area contributed by atoms with Crippen molar-refractivity contribution < 1.29 is 9.35 Å². The van der Waals surface area contributed by atoms with Gasteiger partial charge in [-0.15, -0.1) is 0 Å². The van der Waals surface area contributed by atoms with Crippen LogP contribution in [-0.2, 0) is 16.0 Å². The summed E-state index contributed by atoms with van der Waals surface area (Å²) in [5, 5.41) is 0. The van der Waals surface area contributed by atoms with Crippen LogP contribution >= 0.6 is 0 Å². The zero-order valence-electron chi connectivity index (χ0n) is 5.66. The van der Waals surface area contributed by atoms with Crippen LogP contribution in [0.15, 0.2) is 0 Å². The minimum absolute atomic E-state index is 0.223. The lowest BCUT2D eigenvalue weighted by atomic mass is 10.4. The molecule has 0 aromatic rings. The molecule has 0 aromatic heterocycles. The van der Waals surface area contributed by atoms with Crippen LogP contribution in [0.3, 0.4) is 0 Å². The third-order valence-electron chi connectivity index (χ3n) is 0.899. The Morgan fingerprint density at radius 1 is 1.70 bits per heavy atom. The van der Waals surface area contributed by atoms with E-state index >= 15 is 0 Å². The molecule has 10 heavy (non-hydrogen) atoms. The van der Waals surface area contributed by atoms with Gasteiger partial charge in [0.05, 0.1) is 0 Å². The van der Waals surface area contributed by atoms with Gasteiger partial charge in [-0.2, -0.15) is 0 Å².